The van der Waals surface area contributed by atoms with Crippen LogP contribution in [0.1, 0.15) is 15.9 Å². The van der Waals surface area contributed by atoms with Gasteiger partial charge in [-0.05, 0) is 46.3 Å². The smallest absolute Gasteiger partial charge is 0.474 e. The summed E-state index contributed by atoms with van der Waals surface area (Å²) in [7, 11) is 0. The van der Waals surface area contributed by atoms with Crippen molar-refractivity contribution < 1.29 is 50.6 Å². The van der Waals surface area contributed by atoms with Crippen molar-refractivity contribution in [1.82, 2.24) is 0 Å². The lowest BCUT2D eigenvalue weighted by atomic mass is 10.1. The van der Waals surface area contributed by atoms with Crippen molar-refractivity contribution in [2.24, 2.45) is 0 Å². The zero-order valence-corrected chi connectivity index (χ0v) is 16.3. The van der Waals surface area contributed by atoms with Crippen LogP contribution in [0.25, 0.3) is 0 Å². The van der Waals surface area contributed by atoms with Crippen LogP contribution in [0, 0.1) is 0 Å². The van der Waals surface area contributed by atoms with Gasteiger partial charge < -0.3 is 20.5 Å². The first-order valence-corrected chi connectivity index (χ1v) is 8.59. The molecule has 0 unspecified atom stereocenters. The van der Waals surface area contributed by atoms with E-state index in [9.17, 15) is 40.7 Å². The number of anilines is 2. The predicted molar refractivity (Wildman–Crippen MR) is 96.5 cm³/mol. The van der Waals surface area contributed by atoms with Gasteiger partial charge in [0.15, 0.2) is 0 Å². The number of hydrogen-bond donors (Lipinski definition) is 3. The van der Waals surface area contributed by atoms with Crippen molar-refractivity contribution in [3.05, 3.63) is 52.0 Å². The fourth-order valence-electron chi connectivity index (χ4n) is 2.23. The van der Waals surface area contributed by atoms with Gasteiger partial charge in [0, 0.05) is 15.7 Å². The fraction of sp³-hybridized carbons (Fsp3) is 0.118. The van der Waals surface area contributed by atoms with Crippen LogP contribution in [0.5, 0.6) is 5.75 Å². The highest BCUT2D eigenvalue weighted by molar-refractivity contribution is 9.10. The Morgan fingerprint density at radius 1 is 0.968 bits per heavy atom. The van der Waals surface area contributed by atoms with Gasteiger partial charge >= 0.3 is 24.4 Å². The molecule has 0 spiro atoms. The van der Waals surface area contributed by atoms with Gasteiger partial charge in [-0.15, -0.1) is 13.2 Å². The molecule has 0 saturated carbocycles. The molecule has 0 fully saturated rings. The van der Waals surface area contributed by atoms with Gasteiger partial charge in [0.1, 0.15) is 5.75 Å². The molecular weight excluding hydrogens is 506 g/mol. The average molecular weight is 515 g/mol. The molecule has 0 aliphatic heterocycles. The minimum Gasteiger partial charge on any atom is -0.474 e. The summed E-state index contributed by atoms with van der Waals surface area (Å²) in [5.74, 6) is -5.51. The minimum atomic E-state index is -5.24. The molecule has 0 bridgehead atoms. The number of amides is 2. The van der Waals surface area contributed by atoms with E-state index >= 15 is 0 Å². The summed E-state index contributed by atoms with van der Waals surface area (Å²) in [5.41, 5.74) is -2.92. The van der Waals surface area contributed by atoms with E-state index in [0.717, 1.165) is 12.1 Å². The van der Waals surface area contributed by atoms with E-state index < -0.39 is 51.8 Å². The van der Waals surface area contributed by atoms with Gasteiger partial charge in [0.05, 0.1) is 11.3 Å². The maximum atomic E-state index is 13.4. The molecule has 0 aliphatic carbocycles. The van der Waals surface area contributed by atoms with E-state index in [1.165, 1.54) is 12.1 Å². The summed E-state index contributed by atoms with van der Waals surface area (Å²) in [4.78, 5) is 34.1. The molecular formula is C17H9BrF6N2O5. The predicted octanol–water partition coefficient (Wildman–Crippen LogP) is 4.64. The average Bonchev–Trinajstić information content (AvgIpc) is 2.61. The van der Waals surface area contributed by atoms with Crippen molar-refractivity contribution in [1.29, 1.82) is 0 Å². The van der Waals surface area contributed by atoms with Gasteiger partial charge in [-0.3, -0.25) is 9.59 Å². The van der Waals surface area contributed by atoms with Gasteiger partial charge in [-0.1, -0.05) is 6.07 Å². The number of carboxylic acid groups (broad SMARTS) is 1. The number of ether oxygens (including phenoxy) is 1. The lowest BCUT2D eigenvalue weighted by Gasteiger charge is -2.18. The van der Waals surface area contributed by atoms with Crippen LogP contribution in [0.15, 0.2) is 40.9 Å². The van der Waals surface area contributed by atoms with E-state index in [2.05, 4.69) is 20.7 Å². The van der Waals surface area contributed by atoms with Crippen LogP contribution in [0.2, 0.25) is 0 Å². The van der Waals surface area contributed by atoms with Gasteiger partial charge in [0.2, 0.25) is 0 Å². The number of carbonyl (C=O) groups is 3. The molecule has 2 amide bonds. The van der Waals surface area contributed by atoms with Crippen molar-refractivity contribution in [3.8, 4) is 5.75 Å². The molecule has 2 rings (SSSR count). The van der Waals surface area contributed by atoms with E-state index in [1.807, 2.05) is 10.6 Å². The highest BCUT2D eigenvalue weighted by atomic mass is 79.9. The number of alkyl halides is 6. The molecule has 0 saturated heterocycles. The van der Waals surface area contributed by atoms with E-state index in [0.29, 0.717) is 6.07 Å². The molecule has 3 N–H and O–H groups in total. The van der Waals surface area contributed by atoms with Crippen molar-refractivity contribution in [2.45, 2.75) is 12.5 Å². The van der Waals surface area contributed by atoms with Crippen LogP contribution in [0.4, 0.5) is 37.7 Å². The summed E-state index contributed by atoms with van der Waals surface area (Å²) in [6.45, 7) is 0. The van der Waals surface area contributed by atoms with Crippen LogP contribution in [-0.4, -0.2) is 29.3 Å². The summed E-state index contributed by atoms with van der Waals surface area (Å²) in [6, 6.07) is 5.22. The molecule has 0 atom stereocenters. The summed E-state index contributed by atoms with van der Waals surface area (Å²) in [5, 5.41) is 12.4. The Morgan fingerprint density at radius 2 is 1.61 bits per heavy atom. The van der Waals surface area contributed by atoms with Crippen LogP contribution in [0.3, 0.4) is 0 Å². The molecule has 0 radical (unpaired) electrons. The zero-order chi connectivity index (χ0) is 23.6. The third kappa shape index (κ3) is 6.60. The molecule has 2 aromatic carbocycles. The normalized spacial score (nSPS) is 11.6. The van der Waals surface area contributed by atoms with Gasteiger partial charge in [-0.25, -0.2) is 4.79 Å². The van der Waals surface area contributed by atoms with Crippen molar-refractivity contribution in [2.75, 3.05) is 10.6 Å². The third-order valence-electron chi connectivity index (χ3n) is 3.42. The molecule has 166 valence electrons. The molecule has 14 heteroatoms. The fourth-order valence-corrected chi connectivity index (χ4v) is 2.77. The lowest BCUT2D eigenvalue weighted by molar-refractivity contribution is -0.274. The highest BCUT2D eigenvalue weighted by Gasteiger charge is 2.38. The summed E-state index contributed by atoms with van der Waals surface area (Å²) in [6.07, 6.45) is -10.4. The lowest BCUT2D eigenvalue weighted by Crippen LogP contribution is -2.22. The first kappa shape index (κ1) is 24.0. The third-order valence-corrected chi connectivity index (χ3v) is 4.04. The number of benzene rings is 2. The Balaban J connectivity index is 2.38. The quantitative estimate of drug-likeness (QED) is 0.407. The highest BCUT2D eigenvalue weighted by Crippen LogP contribution is 2.42. The van der Waals surface area contributed by atoms with Crippen LogP contribution >= 0.6 is 15.9 Å². The number of rotatable bonds is 4. The number of hydrogen-bond acceptors (Lipinski definition) is 4. The second kappa shape index (κ2) is 8.83. The second-order valence-corrected chi connectivity index (χ2v) is 6.52. The van der Waals surface area contributed by atoms with Crippen molar-refractivity contribution >= 4 is 45.1 Å². The Morgan fingerprint density at radius 3 is 2.16 bits per heavy atom. The monoisotopic (exact) mass is 514 g/mol. The first-order valence-electron chi connectivity index (χ1n) is 7.79. The Labute approximate surface area is 177 Å². The van der Waals surface area contributed by atoms with E-state index in [1.54, 1.807) is 0 Å². The SMILES string of the molecule is O=C(O)C(=O)Nc1cccc(C(=O)Nc2c(Br)cc(OC(F)(F)F)cc2C(F)(F)F)c1. The Hall–Kier alpha value is -3.29. The van der Waals surface area contributed by atoms with Gasteiger partial charge in [0.25, 0.3) is 5.91 Å². The molecule has 0 heterocycles. The Kier molecular flexibility index (Phi) is 6.83. The largest absolute Gasteiger partial charge is 0.573 e. The number of carbonyl (C=O) groups excluding carboxylic acids is 2. The summed E-state index contributed by atoms with van der Waals surface area (Å²) < 4.78 is 80.1. The van der Waals surface area contributed by atoms with E-state index in [4.69, 9.17) is 5.11 Å². The van der Waals surface area contributed by atoms with E-state index in [-0.39, 0.29) is 17.3 Å². The molecule has 7 nitrogen and oxygen atoms in total. The number of nitrogens with one attached hydrogen (secondary N) is 2. The zero-order valence-electron chi connectivity index (χ0n) is 14.7. The molecule has 0 aliphatic rings. The summed E-state index contributed by atoms with van der Waals surface area (Å²) >= 11 is 2.68. The number of carboxylic acids is 1. The molecule has 31 heavy (non-hydrogen) atoms. The number of aliphatic carboxylic acids is 1. The first-order chi connectivity index (χ1) is 14.2. The maximum Gasteiger partial charge on any atom is 0.573 e. The minimum absolute atomic E-state index is 0.0668. The maximum absolute atomic E-state index is 13.4. The molecule has 2 aromatic rings. The van der Waals surface area contributed by atoms with Crippen LogP contribution in [-0.2, 0) is 15.8 Å². The van der Waals surface area contributed by atoms with Gasteiger partial charge in [-0.2, -0.15) is 13.2 Å². The molecule has 0 aromatic heterocycles. The number of halogens is 7. The topological polar surface area (TPSA) is 105 Å². The second-order valence-electron chi connectivity index (χ2n) is 5.67. The Bertz CT molecular complexity index is 1040. The van der Waals surface area contributed by atoms with Crippen molar-refractivity contribution in [3.63, 3.8) is 0 Å². The standard InChI is InChI=1S/C17H9BrF6N2O5/c18-11-6-9(31-17(22,23)24)5-10(16(19,20)21)12(11)26-13(27)7-2-1-3-8(4-7)25-14(28)15(29)30/h1-6H,(H,25,28)(H,26,27)(H,29,30). The van der Waals surface area contributed by atoms with Crippen LogP contribution < -0.4 is 15.4 Å².